The van der Waals surface area contributed by atoms with E-state index in [1.165, 1.54) is 18.2 Å². The predicted octanol–water partition coefficient (Wildman–Crippen LogP) is 3.23. The molecule has 1 aromatic carbocycles. The van der Waals surface area contributed by atoms with Crippen molar-refractivity contribution in [1.29, 1.82) is 0 Å². The minimum absolute atomic E-state index is 0.830. The van der Waals surface area contributed by atoms with E-state index in [0.29, 0.717) is 0 Å². The second kappa shape index (κ2) is 7.18. The number of rotatable bonds is 3. The molecule has 0 saturated carbocycles. The van der Waals surface area contributed by atoms with Crippen molar-refractivity contribution >= 4 is 11.2 Å². The average Bonchev–Trinajstić information content (AvgIpc) is 2.89. The number of nitrogens with zero attached hydrogens (tertiary/aromatic N) is 3. The van der Waals surface area contributed by atoms with Crippen LogP contribution in [-0.4, -0.2) is 21.6 Å². The van der Waals surface area contributed by atoms with E-state index >= 15 is 0 Å². The van der Waals surface area contributed by atoms with Gasteiger partial charge in [-0.25, -0.2) is 9.97 Å². The van der Waals surface area contributed by atoms with Crippen molar-refractivity contribution in [2.75, 3.05) is 7.05 Å². The number of fused-ring (bicyclic) bond motifs is 1. The first kappa shape index (κ1) is 16.2. The minimum atomic E-state index is 0.830. The van der Waals surface area contributed by atoms with Crippen LogP contribution in [0, 0.1) is 13.8 Å². The maximum absolute atomic E-state index is 4.77. The topological polar surface area (TPSA) is 56.7 Å². The molecule has 2 aromatic heterocycles. The van der Waals surface area contributed by atoms with Crippen molar-refractivity contribution in [3.8, 4) is 0 Å². The Morgan fingerprint density at radius 3 is 2.36 bits per heavy atom. The first-order valence-corrected chi connectivity index (χ1v) is 7.64. The fourth-order valence-electron chi connectivity index (χ4n) is 2.65. The van der Waals surface area contributed by atoms with E-state index in [9.17, 15) is 0 Å². The van der Waals surface area contributed by atoms with Crippen LogP contribution < -0.4 is 5.73 Å². The van der Waals surface area contributed by atoms with Crippen molar-refractivity contribution in [2.24, 2.45) is 5.73 Å². The van der Waals surface area contributed by atoms with Crippen LogP contribution in [0.25, 0.3) is 11.2 Å². The molecule has 0 amide bonds. The van der Waals surface area contributed by atoms with Crippen LogP contribution in [0.3, 0.4) is 0 Å². The lowest BCUT2D eigenvalue weighted by atomic mass is 10.2. The zero-order valence-electron chi connectivity index (χ0n) is 13.8. The summed E-state index contributed by atoms with van der Waals surface area (Å²) >= 11 is 0. The van der Waals surface area contributed by atoms with Crippen molar-refractivity contribution in [3.05, 3.63) is 59.0 Å². The van der Waals surface area contributed by atoms with Crippen LogP contribution in [0.1, 0.15) is 29.6 Å². The molecule has 0 bridgehead atoms. The Kier molecular flexibility index (Phi) is 5.28. The molecule has 4 heteroatoms. The molecular formula is C18H24N4. The molecule has 0 atom stereocenters. The molecule has 2 N–H and O–H groups in total. The second-order valence-corrected chi connectivity index (χ2v) is 5.21. The highest BCUT2D eigenvalue weighted by atomic mass is 15.1. The van der Waals surface area contributed by atoms with E-state index in [0.717, 1.165) is 35.6 Å². The zero-order valence-corrected chi connectivity index (χ0v) is 13.8. The number of pyridine rings is 1. The largest absolute Gasteiger partial charge is 0.333 e. The molecule has 0 saturated heterocycles. The Labute approximate surface area is 132 Å². The average molecular weight is 296 g/mol. The normalized spacial score (nSPS) is 10.4. The number of hydrogen-bond donors (Lipinski definition) is 1. The number of aromatic nitrogens is 3. The third-order valence-corrected chi connectivity index (χ3v) is 3.60. The molecule has 4 nitrogen and oxygen atoms in total. The zero-order chi connectivity index (χ0) is 16.1. The molecule has 22 heavy (non-hydrogen) atoms. The lowest BCUT2D eigenvalue weighted by Gasteiger charge is -2.08. The summed E-state index contributed by atoms with van der Waals surface area (Å²) in [6, 6.07) is 12.6. The first-order chi connectivity index (χ1) is 10.7. The smallest absolute Gasteiger partial charge is 0.160 e. The van der Waals surface area contributed by atoms with Gasteiger partial charge in [0.15, 0.2) is 5.65 Å². The second-order valence-electron chi connectivity index (χ2n) is 5.21. The Morgan fingerprint density at radius 2 is 1.73 bits per heavy atom. The van der Waals surface area contributed by atoms with Gasteiger partial charge >= 0.3 is 0 Å². The van der Waals surface area contributed by atoms with Gasteiger partial charge < -0.3 is 10.3 Å². The van der Waals surface area contributed by atoms with Crippen LogP contribution in [0.15, 0.2) is 36.4 Å². The third kappa shape index (κ3) is 3.17. The van der Waals surface area contributed by atoms with E-state index in [2.05, 4.69) is 54.5 Å². The predicted molar refractivity (Wildman–Crippen MR) is 92.0 cm³/mol. The van der Waals surface area contributed by atoms with Gasteiger partial charge in [0.05, 0.1) is 6.54 Å². The third-order valence-electron chi connectivity index (χ3n) is 3.60. The monoisotopic (exact) mass is 296 g/mol. The van der Waals surface area contributed by atoms with Gasteiger partial charge in [0.1, 0.15) is 11.3 Å². The highest BCUT2D eigenvalue weighted by molar-refractivity contribution is 5.76. The molecule has 0 aliphatic heterocycles. The summed E-state index contributed by atoms with van der Waals surface area (Å²) < 4.78 is 2.24. The van der Waals surface area contributed by atoms with E-state index in [1.807, 2.05) is 13.0 Å². The van der Waals surface area contributed by atoms with E-state index in [1.54, 1.807) is 0 Å². The van der Waals surface area contributed by atoms with Crippen LogP contribution >= 0.6 is 0 Å². The number of benzene rings is 1. The Bertz CT molecular complexity index is 745. The van der Waals surface area contributed by atoms with Gasteiger partial charge in [-0.15, -0.1) is 0 Å². The van der Waals surface area contributed by atoms with Crippen LogP contribution in [-0.2, 0) is 13.0 Å². The van der Waals surface area contributed by atoms with Crippen molar-refractivity contribution in [2.45, 2.75) is 33.7 Å². The maximum atomic E-state index is 4.77. The molecule has 3 rings (SSSR count). The standard InChI is InChI=1S/C17H19N3.CH5N/c1-4-15-19-16-12(2)10-13(3)18-17(16)20(15)11-14-8-6-5-7-9-14;1-2/h5-10H,4,11H2,1-3H3;2H2,1H3. The minimum Gasteiger partial charge on any atom is -0.333 e. The molecule has 116 valence electrons. The fraction of sp³-hybridized carbons (Fsp3) is 0.333. The molecular weight excluding hydrogens is 272 g/mol. The van der Waals surface area contributed by atoms with Crippen LogP contribution in [0.4, 0.5) is 0 Å². The van der Waals surface area contributed by atoms with Gasteiger partial charge in [0.25, 0.3) is 0 Å². The number of hydrogen-bond acceptors (Lipinski definition) is 3. The Balaban J connectivity index is 0.000000847. The molecule has 2 heterocycles. The number of aryl methyl sites for hydroxylation is 3. The summed E-state index contributed by atoms with van der Waals surface area (Å²) in [5.41, 5.74) is 10.1. The summed E-state index contributed by atoms with van der Waals surface area (Å²) in [5, 5.41) is 0. The van der Waals surface area contributed by atoms with Gasteiger partial charge in [0, 0.05) is 12.1 Å². The number of nitrogens with two attached hydrogens (primary N) is 1. The maximum Gasteiger partial charge on any atom is 0.160 e. The van der Waals surface area contributed by atoms with Crippen LogP contribution in [0.2, 0.25) is 0 Å². The molecule has 0 radical (unpaired) electrons. The molecule has 0 aliphatic carbocycles. The summed E-state index contributed by atoms with van der Waals surface area (Å²) in [6.07, 6.45) is 0.918. The molecule has 3 aromatic rings. The first-order valence-electron chi connectivity index (χ1n) is 7.64. The SMILES string of the molecule is CCc1nc2c(C)cc(C)nc2n1Cc1ccccc1.CN. The van der Waals surface area contributed by atoms with Gasteiger partial charge in [0.2, 0.25) is 0 Å². The van der Waals surface area contributed by atoms with Crippen LogP contribution in [0.5, 0.6) is 0 Å². The van der Waals surface area contributed by atoms with E-state index in [4.69, 9.17) is 9.97 Å². The van der Waals surface area contributed by atoms with Crippen molar-refractivity contribution < 1.29 is 0 Å². The fourth-order valence-corrected chi connectivity index (χ4v) is 2.65. The molecule has 0 aliphatic rings. The summed E-state index contributed by atoms with van der Waals surface area (Å²) in [7, 11) is 1.50. The molecule has 0 spiro atoms. The van der Waals surface area contributed by atoms with Gasteiger partial charge in [-0.1, -0.05) is 37.3 Å². The number of imidazole rings is 1. The summed E-state index contributed by atoms with van der Waals surface area (Å²) in [5.74, 6) is 1.10. The van der Waals surface area contributed by atoms with Gasteiger partial charge in [-0.05, 0) is 38.1 Å². The summed E-state index contributed by atoms with van der Waals surface area (Å²) in [6.45, 7) is 7.12. The van der Waals surface area contributed by atoms with Gasteiger partial charge in [-0.2, -0.15) is 0 Å². The van der Waals surface area contributed by atoms with E-state index < -0.39 is 0 Å². The highest BCUT2D eigenvalue weighted by Gasteiger charge is 2.13. The quantitative estimate of drug-likeness (QED) is 0.807. The van der Waals surface area contributed by atoms with Crippen molar-refractivity contribution in [1.82, 2.24) is 14.5 Å². The lowest BCUT2D eigenvalue weighted by Crippen LogP contribution is -2.05. The van der Waals surface area contributed by atoms with Crippen molar-refractivity contribution in [3.63, 3.8) is 0 Å². The lowest BCUT2D eigenvalue weighted by molar-refractivity contribution is 0.745. The molecule has 0 fully saturated rings. The Morgan fingerprint density at radius 1 is 1.05 bits per heavy atom. The van der Waals surface area contributed by atoms with E-state index in [-0.39, 0.29) is 0 Å². The Hall–Kier alpha value is -2.20. The molecule has 0 unspecified atom stereocenters. The van der Waals surface area contributed by atoms with Gasteiger partial charge in [-0.3, -0.25) is 0 Å². The highest BCUT2D eigenvalue weighted by Crippen LogP contribution is 2.20. The summed E-state index contributed by atoms with van der Waals surface area (Å²) in [4.78, 5) is 9.47.